The molecule has 29 heavy (non-hydrogen) atoms. The summed E-state index contributed by atoms with van der Waals surface area (Å²) in [7, 11) is 0. The van der Waals surface area contributed by atoms with Gasteiger partial charge in [0.25, 0.3) is 11.2 Å². The lowest BCUT2D eigenvalue weighted by molar-refractivity contribution is -0.384. The molecule has 0 aliphatic heterocycles. The van der Waals surface area contributed by atoms with Gasteiger partial charge in [-0.1, -0.05) is 26.2 Å². The minimum atomic E-state index is -0.544. The lowest BCUT2D eigenvalue weighted by atomic mass is 10.1. The zero-order valence-electron chi connectivity index (χ0n) is 16.1. The Bertz CT molecular complexity index is 1060. The number of azo groups is 1. The number of aromatic nitrogens is 1. The predicted octanol–water partition coefficient (Wildman–Crippen LogP) is 5.40. The first-order valence-corrected chi connectivity index (χ1v) is 9.83. The van der Waals surface area contributed by atoms with Crippen molar-refractivity contribution in [2.24, 2.45) is 10.2 Å². The van der Waals surface area contributed by atoms with Gasteiger partial charge in [-0.2, -0.15) is 5.26 Å². The van der Waals surface area contributed by atoms with Crippen LogP contribution in [0.3, 0.4) is 0 Å². The predicted molar refractivity (Wildman–Crippen MR) is 111 cm³/mol. The van der Waals surface area contributed by atoms with E-state index in [-0.39, 0.29) is 40.6 Å². The SMILES string of the molecule is CCCCCCn1c(O)c(C#N)c(C)c(N=Nc2ccc([N+](=O)[O-])cc2Br)c1=O. The van der Waals surface area contributed by atoms with Crippen LogP contribution < -0.4 is 5.56 Å². The van der Waals surface area contributed by atoms with Gasteiger partial charge >= 0.3 is 0 Å². The number of aromatic hydroxyl groups is 1. The van der Waals surface area contributed by atoms with Crippen LogP contribution in [0.2, 0.25) is 0 Å². The topological polar surface area (TPSA) is 134 Å². The summed E-state index contributed by atoms with van der Waals surface area (Å²) in [5.41, 5.74) is -0.232. The van der Waals surface area contributed by atoms with Crippen LogP contribution in [0.4, 0.5) is 17.1 Å². The minimum absolute atomic E-state index is 0.0307. The van der Waals surface area contributed by atoms with Crippen molar-refractivity contribution in [2.45, 2.75) is 46.1 Å². The van der Waals surface area contributed by atoms with E-state index in [1.165, 1.54) is 25.1 Å². The molecule has 0 saturated heterocycles. The smallest absolute Gasteiger partial charge is 0.281 e. The molecule has 1 aromatic carbocycles. The molecule has 1 N–H and O–H groups in total. The van der Waals surface area contributed by atoms with Crippen LogP contribution >= 0.6 is 15.9 Å². The maximum Gasteiger partial charge on any atom is 0.281 e. The highest BCUT2D eigenvalue weighted by molar-refractivity contribution is 9.10. The summed E-state index contributed by atoms with van der Waals surface area (Å²) in [6.07, 6.45) is 3.61. The summed E-state index contributed by atoms with van der Waals surface area (Å²) in [6.45, 7) is 3.85. The number of hydrogen-bond acceptors (Lipinski definition) is 7. The molecule has 0 unspecified atom stereocenters. The Morgan fingerprint density at radius 3 is 2.62 bits per heavy atom. The largest absolute Gasteiger partial charge is 0.493 e. The lowest BCUT2D eigenvalue weighted by Crippen LogP contribution is -2.22. The van der Waals surface area contributed by atoms with Gasteiger partial charge in [0, 0.05) is 24.2 Å². The van der Waals surface area contributed by atoms with Crippen LogP contribution in [0.1, 0.15) is 43.7 Å². The molecule has 9 nitrogen and oxygen atoms in total. The summed E-state index contributed by atoms with van der Waals surface area (Å²) < 4.78 is 1.48. The zero-order valence-corrected chi connectivity index (χ0v) is 17.6. The van der Waals surface area contributed by atoms with Gasteiger partial charge in [0.1, 0.15) is 17.3 Å². The second-order valence-electron chi connectivity index (χ2n) is 6.39. The second-order valence-corrected chi connectivity index (χ2v) is 7.25. The van der Waals surface area contributed by atoms with E-state index in [0.29, 0.717) is 10.9 Å². The van der Waals surface area contributed by atoms with Crippen LogP contribution in [0, 0.1) is 28.4 Å². The second kappa shape index (κ2) is 9.93. The van der Waals surface area contributed by atoms with Gasteiger partial charge < -0.3 is 5.11 Å². The first-order valence-electron chi connectivity index (χ1n) is 9.03. The number of rotatable bonds is 8. The highest BCUT2D eigenvalue weighted by atomic mass is 79.9. The average molecular weight is 462 g/mol. The molecular weight excluding hydrogens is 442 g/mol. The number of pyridine rings is 1. The average Bonchev–Trinajstić information content (AvgIpc) is 2.68. The summed E-state index contributed by atoms with van der Waals surface area (Å²) in [5.74, 6) is -0.373. The fourth-order valence-corrected chi connectivity index (χ4v) is 3.20. The van der Waals surface area contributed by atoms with Gasteiger partial charge in [-0.05, 0) is 35.3 Å². The van der Waals surface area contributed by atoms with Crippen molar-refractivity contribution < 1.29 is 10.0 Å². The fraction of sp³-hybridized carbons (Fsp3) is 0.368. The minimum Gasteiger partial charge on any atom is -0.493 e. The molecule has 0 aliphatic carbocycles. The molecule has 0 bridgehead atoms. The molecular formula is C19H20BrN5O4. The Labute approximate surface area is 175 Å². The van der Waals surface area contributed by atoms with Crippen LogP contribution in [0.25, 0.3) is 0 Å². The third-order valence-electron chi connectivity index (χ3n) is 4.40. The Kier molecular flexibility index (Phi) is 7.61. The van der Waals surface area contributed by atoms with Gasteiger partial charge in [-0.25, -0.2) is 0 Å². The van der Waals surface area contributed by atoms with E-state index >= 15 is 0 Å². The van der Waals surface area contributed by atoms with E-state index in [2.05, 4.69) is 33.1 Å². The van der Waals surface area contributed by atoms with Crippen LogP contribution in [-0.2, 0) is 6.54 Å². The van der Waals surface area contributed by atoms with Gasteiger partial charge in [0.15, 0.2) is 5.69 Å². The van der Waals surface area contributed by atoms with Crippen molar-refractivity contribution in [3.63, 3.8) is 0 Å². The first kappa shape index (κ1) is 22.2. The maximum atomic E-state index is 12.8. The first-order chi connectivity index (χ1) is 13.8. The van der Waals surface area contributed by atoms with Crippen molar-refractivity contribution >= 4 is 33.0 Å². The number of nitriles is 1. The summed E-state index contributed by atoms with van der Waals surface area (Å²) in [6, 6.07) is 5.86. The van der Waals surface area contributed by atoms with Gasteiger partial charge in [0.2, 0.25) is 5.88 Å². The van der Waals surface area contributed by atoms with E-state index in [1.54, 1.807) is 0 Å². The maximum absolute atomic E-state index is 12.8. The molecule has 0 aliphatic rings. The third kappa shape index (κ3) is 5.06. The molecule has 1 heterocycles. The molecule has 0 radical (unpaired) electrons. The van der Waals surface area contributed by atoms with Crippen molar-refractivity contribution in [1.29, 1.82) is 5.26 Å². The zero-order chi connectivity index (χ0) is 21.6. The molecule has 0 spiro atoms. The Hall–Kier alpha value is -3.06. The van der Waals surface area contributed by atoms with Gasteiger partial charge in [-0.3, -0.25) is 19.5 Å². The van der Waals surface area contributed by atoms with Crippen molar-refractivity contribution in [3.8, 4) is 11.9 Å². The molecule has 0 saturated carbocycles. The van der Waals surface area contributed by atoms with E-state index in [0.717, 1.165) is 23.8 Å². The van der Waals surface area contributed by atoms with Crippen LogP contribution in [0.5, 0.6) is 5.88 Å². The number of non-ortho nitro benzene ring substituents is 1. The van der Waals surface area contributed by atoms with E-state index in [1.807, 2.05) is 6.07 Å². The molecule has 2 aromatic rings. The molecule has 2 rings (SSSR count). The Balaban J connectivity index is 2.47. The number of nitro groups is 1. The number of halogens is 1. The van der Waals surface area contributed by atoms with Crippen LogP contribution in [-0.4, -0.2) is 14.6 Å². The Morgan fingerprint density at radius 1 is 1.31 bits per heavy atom. The van der Waals surface area contributed by atoms with Crippen LogP contribution in [0.15, 0.2) is 37.7 Å². The molecule has 1 aromatic heterocycles. The molecule has 10 heteroatoms. The molecule has 0 fully saturated rings. The molecule has 0 atom stereocenters. The summed E-state index contributed by atoms with van der Waals surface area (Å²) >= 11 is 3.20. The quantitative estimate of drug-likeness (QED) is 0.243. The number of benzene rings is 1. The number of nitro benzene ring substituents is 1. The summed E-state index contributed by atoms with van der Waals surface area (Å²) in [5, 5.41) is 38.6. The Morgan fingerprint density at radius 2 is 2.03 bits per heavy atom. The fourth-order valence-electron chi connectivity index (χ4n) is 2.76. The van der Waals surface area contributed by atoms with E-state index in [4.69, 9.17) is 0 Å². The third-order valence-corrected chi connectivity index (χ3v) is 5.04. The van der Waals surface area contributed by atoms with Crippen molar-refractivity contribution in [1.82, 2.24) is 4.57 Å². The van der Waals surface area contributed by atoms with Crippen molar-refractivity contribution in [2.75, 3.05) is 0 Å². The van der Waals surface area contributed by atoms with Crippen molar-refractivity contribution in [3.05, 3.63) is 54.3 Å². The van der Waals surface area contributed by atoms with E-state index < -0.39 is 10.5 Å². The number of hydrogen-bond donors (Lipinski definition) is 1. The number of unbranched alkanes of at least 4 members (excludes halogenated alkanes) is 3. The standard InChI is InChI=1S/C19H20BrN5O4/c1-3-4-5-6-9-24-18(26)14(11-21)12(2)17(19(24)27)23-22-16-8-7-13(25(28)29)10-15(16)20/h7-8,10,26H,3-6,9H2,1-2H3. The normalized spacial score (nSPS) is 11.0. The highest BCUT2D eigenvalue weighted by Gasteiger charge is 2.19. The monoisotopic (exact) mass is 461 g/mol. The highest BCUT2D eigenvalue weighted by Crippen LogP contribution is 2.32. The number of nitrogens with zero attached hydrogens (tertiary/aromatic N) is 5. The van der Waals surface area contributed by atoms with E-state index in [9.17, 15) is 25.3 Å². The van der Waals surface area contributed by atoms with Gasteiger partial charge in [-0.15, -0.1) is 10.2 Å². The summed E-state index contributed by atoms with van der Waals surface area (Å²) in [4.78, 5) is 23.1. The molecule has 0 amide bonds. The van der Waals surface area contributed by atoms with Gasteiger partial charge in [0.05, 0.1) is 9.40 Å². The molecule has 152 valence electrons. The lowest BCUT2D eigenvalue weighted by Gasteiger charge is -2.12.